The number of nitrogens with one attached hydrogen (secondary N) is 1. The lowest BCUT2D eigenvalue weighted by molar-refractivity contribution is 0.464. The molecule has 1 aromatic carbocycles. The monoisotopic (exact) mass is 248 g/mol. The van der Waals surface area contributed by atoms with E-state index in [1.54, 1.807) is 30.6 Å². The van der Waals surface area contributed by atoms with Crippen molar-refractivity contribution < 1.29 is 5.11 Å². The van der Waals surface area contributed by atoms with Gasteiger partial charge in [-0.3, -0.25) is 4.98 Å². The van der Waals surface area contributed by atoms with Gasteiger partial charge in [-0.25, -0.2) is 0 Å². The van der Waals surface area contributed by atoms with E-state index >= 15 is 0 Å². The van der Waals surface area contributed by atoms with Crippen molar-refractivity contribution in [3.63, 3.8) is 0 Å². The van der Waals surface area contributed by atoms with Crippen LogP contribution >= 0.6 is 11.6 Å². The summed E-state index contributed by atoms with van der Waals surface area (Å²) in [6.45, 7) is 1.22. The highest BCUT2D eigenvalue weighted by Crippen LogP contribution is 2.24. The van der Waals surface area contributed by atoms with Gasteiger partial charge in [0.25, 0.3) is 0 Å². The van der Waals surface area contributed by atoms with E-state index in [1.807, 2.05) is 12.1 Å². The van der Waals surface area contributed by atoms with Gasteiger partial charge in [0, 0.05) is 36.1 Å². The molecule has 88 valence electrons. The van der Waals surface area contributed by atoms with Crippen molar-refractivity contribution in [3.8, 4) is 5.75 Å². The molecular weight excluding hydrogens is 236 g/mol. The van der Waals surface area contributed by atoms with Crippen LogP contribution in [-0.2, 0) is 13.1 Å². The molecule has 0 saturated heterocycles. The van der Waals surface area contributed by atoms with Gasteiger partial charge in [-0.15, -0.1) is 0 Å². The van der Waals surface area contributed by atoms with Gasteiger partial charge in [0.15, 0.2) is 0 Å². The fraction of sp³-hybridized carbons (Fsp3) is 0.154. The highest BCUT2D eigenvalue weighted by Gasteiger charge is 2.04. The Hall–Kier alpha value is -1.58. The molecule has 1 aromatic heterocycles. The van der Waals surface area contributed by atoms with Crippen molar-refractivity contribution in [1.82, 2.24) is 10.3 Å². The van der Waals surface area contributed by atoms with Crippen LogP contribution in [0.2, 0.25) is 5.02 Å². The minimum atomic E-state index is 0.219. The summed E-state index contributed by atoms with van der Waals surface area (Å²) in [7, 11) is 0. The molecule has 3 nitrogen and oxygen atoms in total. The smallest absolute Gasteiger partial charge is 0.121 e. The van der Waals surface area contributed by atoms with Gasteiger partial charge in [-0.1, -0.05) is 23.7 Å². The van der Waals surface area contributed by atoms with Crippen LogP contribution in [0.3, 0.4) is 0 Å². The van der Waals surface area contributed by atoms with E-state index in [9.17, 15) is 5.11 Å². The largest absolute Gasteiger partial charge is 0.508 e. The van der Waals surface area contributed by atoms with Crippen molar-refractivity contribution in [2.45, 2.75) is 13.1 Å². The molecule has 0 bridgehead atoms. The number of phenols is 1. The first kappa shape index (κ1) is 11.9. The number of aromatic nitrogens is 1. The summed E-state index contributed by atoms with van der Waals surface area (Å²) >= 11 is 6.00. The molecule has 0 saturated carbocycles. The van der Waals surface area contributed by atoms with Gasteiger partial charge in [-0.2, -0.15) is 0 Å². The van der Waals surface area contributed by atoms with Crippen LogP contribution in [0.25, 0.3) is 0 Å². The Balaban J connectivity index is 1.95. The molecule has 0 amide bonds. The van der Waals surface area contributed by atoms with Crippen LogP contribution < -0.4 is 5.32 Å². The number of benzene rings is 1. The number of aromatic hydroxyl groups is 1. The number of hydrogen-bond donors (Lipinski definition) is 2. The molecular formula is C13H13ClN2O. The van der Waals surface area contributed by atoms with Crippen LogP contribution in [0.1, 0.15) is 11.1 Å². The summed E-state index contributed by atoms with van der Waals surface area (Å²) in [6, 6.07) is 9.01. The second-order valence-electron chi connectivity index (χ2n) is 3.70. The molecule has 17 heavy (non-hydrogen) atoms. The van der Waals surface area contributed by atoms with Crippen molar-refractivity contribution in [2.75, 3.05) is 0 Å². The van der Waals surface area contributed by atoms with E-state index in [2.05, 4.69) is 10.3 Å². The summed E-state index contributed by atoms with van der Waals surface area (Å²) in [5.74, 6) is 0.219. The molecule has 0 unspecified atom stereocenters. The molecule has 2 rings (SSSR count). The van der Waals surface area contributed by atoms with Crippen molar-refractivity contribution in [1.29, 1.82) is 0 Å². The van der Waals surface area contributed by atoms with Crippen LogP contribution in [0.4, 0.5) is 0 Å². The Kier molecular flexibility index (Phi) is 3.96. The Morgan fingerprint density at radius 2 is 2.06 bits per heavy atom. The van der Waals surface area contributed by atoms with Gasteiger partial charge < -0.3 is 10.4 Å². The third-order valence-electron chi connectivity index (χ3n) is 2.45. The van der Waals surface area contributed by atoms with Gasteiger partial charge in [0.1, 0.15) is 5.75 Å². The van der Waals surface area contributed by atoms with Gasteiger partial charge in [0.2, 0.25) is 0 Å². The molecule has 2 aromatic rings. The lowest BCUT2D eigenvalue weighted by Gasteiger charge is -2.08. The zero-order valence-electron chi connectivity index (χ0n) is 9.23. The molecule has 4 heteroatoms. The quantitative estimate of drug-likeness (QED) is 0.875. The van der Waals surface area contributed by atoms with E-state index in [4.69, 9.17) is 11.6 Å². The predicted octanol–water partition coefficient (Wildman–Crippen LogP) is 2.73. The highest BCUT2D eigenvalue weighted by atomic mass is 35.5. The molecule has 1 heterocycles. The van der Waals surface area contributed by atoms with Crippen LogP contribution in [0, 0.1) is 0 Å². The number of hydrogen-bond acceptors (Lipinski definition) is 3. The van der Waals surface area contributed by atoms with Crippen molar-refractivity contribution in [3.05, 3.63) is 58.9 Å². The van der Waals surface area contributed by atoms with Gasteiger partial charge in [-0.05, 0) is 23.8 Å². The minimum absolute atomic E-state index is 0.219. The number of rotatable bonds is 4. The van der Waals surface area contributed by atoms with Crippen molar-refractivity contribution >= 4 is 11.6 Å². The SMILES string of the molecule is Oc1cccc(Cl)c1CNCc1cccnc1. The molecule has 2 N–H and O–H groups in total. The van der Waals surface area contributed by atoms with E-state index in [0.717, 1.165) is 11.1 Å². The molecule has 0 aliphatic rings. The fourth-order valence-corrected chi connectivity index (χ4v) is 1.79. The molecule has 0 aliphatic heterocycles. The van der Waals surface area contributed by atoms with Crippen LogP contribution in [-0.4, -0.2) is 10.1 Å². The third-order valence-corrected chi connectivity index (χ3v) is 2.80. The average molecular weight is 249 g/mol. The molecule has 0 radical (unpaired) electrons. The normalized spacial score (nSPS) is 10.4. The Labute approximate surface area is 105 Å². The standard InChI is InChI=1S/C13H13ClN2O/c14-12-4-1-5-13(17)11(12)9-16-8-10-3-2-6-15-7-10/h1-7,16-17H,8-9H2. The maximum atomic E-state index is 9.65. The first-order chi connectivity index (χ1) is 8.27. The first-order valence-corrected chi connectivity index (χ1v) is 5.71. The van der Waals surface area contributed by atoms with E-state index in [-0.39, 0.29) is 5.75 Å². The van der Waals surface area contributed by atoms with Crippen LogP contribution in [0.5, 0.6) is 5.75 Å². The zero-order valence-corrected chi connectivity index (χ0v) is 9.98. The highest BCUT2D eigenvalue weighted by molar-refractivity contribution is 6.31. The second kappa shape index (κ2) is 5.66. The van der Waals surface area contributed by atoms with E-state index < -0.39 is 0 Å². The van der Waals surface area contributed by atoms with Crippen LogP contribution in [0.15, 0.2) is 42.7 Å². The molecule has 0 spiro atoms. The van der Waals surface area contributed by atoms with Crippen molar-refractivity contribution in [2.24, 2.45) is 0 Å². The number of pyridine rings is 1. The maximum absolute atomic E-state index is 9.65. The molecule has 0 fully saturated rings. The summed E-state index contributed by atoms with van der Waals surface area (Å²) in [6.07, 6.45) is 3.54. The Morgan fingerprint density at radius 3 is 2.76 bits per heavy atom. The lowest BCUT2D eigenvalue weighted by atomic mass is 10.2. The van der Waals surface area contributed by atoms with E-state index in [0.29, 0.717) is 18.1 Å². The zero-order chi connectivity index (χ0) is 12.1. The second-order valence-corrected chi connectivity index (χ2v) is 4.11. The van der Waals surface area contributed by atoms with E-state index in [1.165, 1.54) is 0 Å². The fourth-order valence-electron chi connectivity index (χ4n) is 1.56. The topological polar surface area (TPSA) is 45.1 Å². The lowest BCUT2D eigenvalue weighted by Crippen LogP contribution is -2.13. The average Bonchev–Trinajstić information content (AvgIpc) is 2.34. The van der Waals surface area contributed by atoms with Gasteiger partial charge in [0.05, 0.1) is 0 Å². The maximum Gasteiger partial charge on any atom is 0.121 e. The summed E-state index contributed by atoms with van der Waals surface area (Å²) in [4.78, 5) is 4.03. The molecule has 0 aliphatic carbocycles. The minimum Gasteiger partial charge on any atom is -0.508 e. The third kappa shape index (κ3) is 3.19. The summed E-state index contributed by atoms with van der Waals surface area (Å²) in [5.41, 5.74) is 1.82. The number of nitrogens with zero attached hydrogens (tertiary/aromatic N) is 1. The Bertz CT molecular complexity index is 468. The number of halogens is 1. The number of phenolic OH excluding ortho intramolecular Hbond substituents is 1. The first-order valence-electron chi connectivity index (χ1n) is 5.33. The summed E-state index contributed by atoms with van der Waals surface area (Å²) in [5, 5.41) is 13.4. The summed E-state index contributed by atoms with van der Waals surface area (Å²) < 4.78 is 0. The van der Waals surface area contributed by atoms with Gasteiger partial charge >= 0.3 is 0 Å². The Morgan fingerprint density at radius 1 is 1.18 bits per heavy atom. The molecule has 0 atom stereocenters. The predicted molar refractivity (Wildman–Crippen MR) is 67.9 cm³/mol.